The Bertz CT molecular complexity index is 578. The van der Waals surface area contributed by atoms with E-state index in [0.717, 1.165) is 32.2 Å². The summed E-state index contributed by atoms with van der Waals surface area (Å²) in [6.45, 7) is 2.48. The van der Waals surface area contributed by atoms with Crippen molar-refractivity contribution in [2.24, 2.45) is 0 Å². The molecule has 1 aliphatic carbocycles. The summed E-state index contributed by atoms with van der Waals surface area (Å²) in [4.78, 5) is 14.5. The second-order valence-electron chi connectivity index (χ2n) is 6.01. The maximum absolute atomic E-state index is 11.1. The normalized spacial score (nSPS) is 22.3. The van der Waals surface area contributed by atoms with Gasteiger partial charge in [-0.25, -0.2) is 0 Å². The molecule has 0 atom stereocenters. The molecule has 1 aromatic carbocycles. The van der Waals surface area contributed by atoms with Crippen LogP contribution in [0.1, 0.15) is 38.3 Å². The van der Waals surface area contributed by atoms with Gasteiger partial charge in [0.05, 0.1) is 0 Å². The van der Waals surface area contributed by atoms with Gasteiger partial charge in [0.25, 0.3) is 0 Å². The summed E-state index contributed by atoms with van der Waals surface area (Å²) >= 11 is 0. The van der Waals surface area contributed by atoms with Gasteiger partial charge in [0.1, 0.15) is 0 Å². The van der Waals surface area contributed by atoms with Gasteiger partial charge in [-0.3, -0.25) is 4.79 Å². The van der Waals surface area contributed by atoms with Crippen LogP contribution < -0.4 is 10.6 Å². The predicted octanol–water partition coefficient (Wildman–Crippen LogP) is 2.70. The fraction of sp³-hybridized carbons (Fsp3) is 0.471. The van der Waals surface area contributed by atoms with E-state index in [1.165, 1.54) is 16.6 Å². The number of para-hydroxylation sites is 1. The molecule has 0 saturated heterocycles. The van der Waals surface area contributed by atoms with Crippen molar-refractivity contribution in [2.45, 2.75) is 51.2 Å². The number of carbonyl (C=O) groups excluding carboxylic acids is 1. The number of amides is 1. The van der Waals surface area contributed by atoms with Crippen LogP contribution >= 0.6 is 0 Å². The Labute approximate surface area is 125 Å². The maximum atomic E-state index is 11.1. The summed E-state index contributed by atoms with van der Waals surface area (Å²) in [5.41, 5.74) is 2.43. The molecule has 0 aliphatic heterocycles. The van der Waals surface area contributed by atoms with E-state index >= 15 is 0 Å². The van der Waals surface area contributed by atoms with Gasteiger partial charge >= 0.3 is 0 Å². The highest BCUT2D eigenvalue weighted by atomic mass is 16.1. The molecule has 0 bridgehead atoms. The SMILES string of the molecule is CC(=O)NC1CCC(NCc2cc3ccccc3[nH]2)CC1. The van der Waals surface area contributed by atoms with Crippen molar-refractivity contribution < 1.29 is 4.79 Å². The van der Waals surface area contributed by atoms with Gasteiger partial charge in [-0.05, 0) is 43.2 Å². The smallest absolute Gasteiger partial charge is 0.217 e. The summed E-state index contributed by atoms with van der Waals surface area (Å²) < 4.78 is 0. The Morgan fingerprint density at radius 1 is 1.19 bits per heavy atom. The quantitative estimate of drug-likeness (QED) is 0.809. The first kappa shape index (κ1) is 14.1. The lowest BCUT2D eigenvalue weighted by molar-refractivity contribution is -0.119. The largest absolute Gasteiger partial charge is 0.357 e. The number of nitrogens with one attached hydrogen (secondary N) is 3. The zero-order valence-electron chi connectivity index (χ0n) is 12.5. The number of aromatic amines is 1. The molecule has 0 unspecified atom stereocenters. The van der Waals surface area contributed by atoms with E-state index in [-0.39, 0.29) is 5.91 Å². The van der Waals surface area contributed by atoms with Gasteiger partial charge in [-0.15, -0.1) is 0 Å². The number of benzene rings is 1. The van der Waals surface area contributed by atoms with E-state index in [0.29, 0.717) is 12.1 Å². The van der Waals surface area contributed by atoms with Crippen LogP contribution in [0.25, 0.3) is 10.9 Å². The second kappa shape index (κ2) is 6.31. The van der Waals surface area contributed by atoms with E-state index in [2.05, 4.69) is 45.9 Å². The zero-order chi connectivity index (χ0) is 14.7. The minimum atomic E-state index is 0.0875. The Morgan fingerprint density at radius 3 is 2.62 bits per heavy atom. The highest BCUT2D eigenvalue weighted by Crippen LogP contribution is 2.20. The zero-order valence-corrected chi connectivity index (χ0v) is 12.5. The molecular weight excluding hydrogens is 262 g/mol. The average molecular weight is 285 g/mol. The van der Waals surface area contributed by atoms with Crippen molar-refractivity contribution in [1.82, 2.24) is 15.6 Å². The molecule has 0 spiro atoms. The van der Waals surface area contributed by atoms with Crippen molar-refractivity contribution in [3.8, 4) is 0 Å². The Kier molecular flexibility index (Phi) is 4.25. The number of fused-ring (bicyclic) bond motifs is 1. The molecule has 1 amide bonds. The standard InChI is InChI=1S/C17H23N3O/c1-12(21)19-15-8-6-14(7-9-15)18-11-16-10-13-4-2-3-5-17(13)20-16/h2-5,10,14-15,18,20H,6-9,11H2,1H3,(H,19,21). The van der Waals surface area contributed by atoms with E-state index < -0.39 is 0 Å². The molecule has 1 aromatic heterocycles. The van der Waals surface area contributed by atoms with E-state index in [9.17, 15) is 4.79 Å². The molecule has 0 radical (unpaired) electrons. The predicted molar refractivity (Wildman–Crippen MR) is 85.0 cm³/mol. The lowest BCUT2D eigenvalue weighted by atomic mass is 9.91. The molecular formula is C17H23N3O. The summed E-state index contributed by atoms with van der Waals surface area (Å²) in [5, 5.41) is 7.92. The summed E-state index contributed by atoms with van der Waals surface area (Å²) in [7, 11) is 0. The van der Waals surface area contributed by atoms with Gasteiger partial charge in [-0.1, -0.05) is 18.2 Å². The topological polar surface area (TPSA) is 56.9 Å². The van der Waals surface area contributed by atoms with Crippen molar-refractivity contribution in [3.63, 3.8) is 0 Å². The molecule has 3 N–H and O–H groups in total. The monoisotopic (exact) mass is 285 g/mol. The van der Waals surface area contributed by atoms with Gasteiger partial charge in [0, 0.05) is 36.8 Å². The minimum absolute atomic E-state index is 0.0875. The van der Waals surface area contributed by atoms with Crippen LogP contribution in [0.4, 0.5) is 0 Å². The highest BCUT2D eigenvalue weighted by Gasteiger charge is 2.21. The fourth-order valence-corrected chi connectivity index (χ4v) is 3.21. The number of hydrogen-bond donors (Lipinski definition) is 3. The molecule has 1 aliphatic rings. The van der Waals surface area contributed by atoms with Crippen molar-refractivity contribution in [3.05, 3.63) is 36.0 Å². The van der Waals surface area contributed by atoms with Crippen LogP contribution in [0.5, 0.6) is 0 Å². The molecule has 4 heteroatoms. The maximum Gasteiger partial charge on any atom is 0.217 e. The molecule has 2 aromatic rings. The van der Waals surface area contributed by atoms with Crippen molar-refractivity contribution >= 4 is 16.8 Å². The van der Waals surface area contributed by atoms with Crippen LogP contribution in [0.3, 0.4) is 0 Å². The lowest BCUT2D eigenvalue weighted by Crippen LogP contribution is -2.41. The average Bonchev–Trinajstić information content (AvgIpc) is 2.89. The molecule has 4 nitrogen and oxygen atoms in total. The summed E-state index contributed by atoms with van der Waals surface area (Å²) in [6.07, 6.45) is 4.41. The van der Waals surface area contributed by atoms with E-state index in [4.69, 9.17) is 0 Å². The number of rotatable bonds is 4. The third-order valence-electron chi connectivity index (χ3n) is 4.30. The van der Waals surface area contributed by atoms with Crippen molar-refractivity contribution in [2.75, 3.05) is 0 Å². The number of carbonyl (C=O) groups is 1. The first-order valence-electron chi connectivity index (χ1n) is 7.78. The van der Waals surface area contributed by atoms with Crippen molar-refractivity contribution in [1.29, 1.82) is 0 Å². The Hall–Kier alpha value is -1.81. The molecule has 3 rings (SSSR count). The van der Waals surface area contributed by atoms with Crippen LogP contribution in [-0.4, -0.2) is 23.0 Å². The Balaban J connectivity index is 1.49. The number of aromatic nitrogens is 1. The third-order valence-corrected chi connectivity index (χ3v) is 4.30. The van der Waals surface area contributed by atoms with Gasteiger partial charge in [-0.2, -0.15) is 0 Å². The first-order chi connectivity index (χ1) is 10.2. The lowest BCUT2D eigenvalue weighted by Gasteiger charge is -2.29. The molecule has 112 valence electrons. The highest BCUT2D eigenvalue weighted by molar-refractivity contribution is 5.80. The molecule has 1 fully saturated rings. The van der Waals surface area contributed by atoms with E-state index in [1.54, 1.807) is 6.92 Å². The number of hydrogen-bond acceptors (Lipinski definition) is 2. The van der Waals surface area contributed by atoms with Crippen LogP contribution in [0.2, 0.25) is 0 Å². The molecule has 1 heterocycles. The summed E-state index contributed by atoms with van der Waals surface area (Å²) in [5.74, 6) is 0.0875. The second-order valence-corrected chi connectivity index (χ2v) is 6.01. The van der Waals surface area contributed by atoms with E-state index in [1.807, 2.05) is 0 Å². The van der Waals surface area contributed by atoms with Crippen LogP contribution in [0.15, 0.2) is 30.3 Å². The van der Waals surface area contributed by atoms with Gasteiger partial charge in [0.2, 0.25) is 5.91 Å². The Morgan fingerprint density at radius 2 is 1.90 bits per heavy atom. The fourth-order valence-electron chi connectivity index (χ4n) is 3.21. The molecule has 21 heavy (non-hydrogen) atoms. The number of H-pyrrole nitrogens is 1. The third kappa shape index (κ3) is 3.64. The van der Waals surface area contributed by atoms with Gasteiger partial charge < -0.3 is 15.6 Å². The minimum Gasteiger partial charge on any atom is -0.357 e. The van der Waals surface area contributed by atoms with Gasteiger partial charge in [0.15, 0.2) is 0 Å². The van der Waals surface area contributed by atoms with Crippen LogP contribution in [-0.2, 0) is 11.3 Å². The van der Waals surface area contributed by atoms with Crippen LogP contribution in [0, 0.1) is 0 Å². The summed E-state index contributed by atoms with van der Waals surface area (Å²) in [6, 6.07) is 11.5. The molecule has 1 saturated carbocycles. The first-order valence-corrected chi connectivity index (χ1v) is 7.78.